The van der Waals surface area contributed by atoms with Crippen molar-refractivity contribution in [3.63, 3.8) is 0 Å². The highest BCUT2D eigenvalue weighted by Gasteiger charge is 2.32. The zero-order chi connectivity index (χ0) is 18.3. The number of carbonyl (C=O) groups is 1. The maximum absolute atomic E-state index is 12.9. The lowest BCUT2D eigenvalue weighted by molar-refractivity contribution is -0.133. The Morgan fingerprint density at radius 3 is 2.73 bits per heavy atom. The molecule has 0 unspecified atom stereocenters. The molecule has 26 heavy (non-hydrogen) atoms. The monoisotopic (exact) mass is 415 g/mol. The van der Waals surface area contributed by atoms with Crippen molar-refractivity contribution < 1.29 is 4.79 Å². The van der Waals surface area contributed by atoms with Crippen LogP contribution in [0.4, 0.5) is 0 Å². The first kappa shape index (κ1) is 17.0. The van der Waals surface area contributed by atoms with Gasteiger partial charge in [-0.2, -0.15) is 5.10 Å². The molecule has 1 aliphatic rings. The van der Waals surface area contributed by atoms with Crippen LogP contribution in [0.25, 0.3) is 11.0 Å². The number of hydrogen-bond donors (Lipinski definition) is 0. The molecule has 4 rings (SSSR count). The average Bonchev–Trinajstić information content (AvgIpc) is 3.42. The molecule has 1 amide bonds. The number of benzene rings is 1. The maximum Gasteiger partial charge on any atom is 0.266 e. The number of carbonyl (C=O) groups excluding carboxylic acids is 1. The maximum atomic E-state index is 12.9. The molecule has 1 aromatic carbocycles. The predicted molar refractivity (Wildman–Crippen MR) is 100 cm³/mol. The Balaban J connectivity index is 1.60. The van der Waals surface area contributed by atoms with Gasteiger partial charge in [0.25, 0.3) is 5.56 Å². The zero-order valence-corrected chi connectivity index (χ0v) is 15.9. The lowest BCUT2D eigenvalue weighted by atomic mass is 10.2. The van der Waals surface area contributed by atoms with Crippen LogP contribution >= 0.6 is 15.9 Å². The third-order valence-electron chi connectivity index (χ3n) is 4.58. The summed E-state index contributed by atoms with van der Waals surface area (Å²) in [6.07, 6.45) is 3.45. The van der Waals surface area contributed by atoms with Crippen LogP contribution < -0.4 is 5.56 Å². The van der Waals surface area contributed by atoms with E-state index in [1.165, 1.54) is 10.9 Å². The van der Waals surface area contributed by atoms with Gasteiger partial charge in [-0.05, 0) is 34.3 Å². The van der Waals surface area contributed by atoms with Gasteiger partial charge in [0, 0.05) is 19.6 Å². The van der Waals surface area contributed by atoms with E-state index in [0.29, 0.717) is 22.2 Å². The first-order valence-corrected chi connectivity index (χ1v) is 9.25. The van der Waals surface area contributed by atoms with Gasteiger partial charge in [0.05, 0.1) is 0 Å². The van der Waals surface area contributed by atoms with Crippen molar-refractivity contribution in [1.82, 2.24) is 24.2 Å². The number of aryl methyl sites for hydroxylation is 1. The van der Waals surface area contributed by atoms with Crippen LogP contribution in [0.2, 0.25) is 0 Å². The Labute approximate surface area is 158 Å². The number of amides is 1. The Morgan fingerprint density at radius 1 is 1.31 bits per heavy atom. The minimum Gasteiger partial charge on any atom is -0.334 e. The zero-order valence-electron chi connectivity index (χ0n) is 14.3. The van der Waals surface area contributed by atoms with E-state index in [-0.39, 0.29) is 24.1 Å². The second-order valence-corrected chi connectivity index (χ2v) is 7.28. The van der Waals surface area contributed by atoms with E-state index in [2.05, 4.69) is 26.0 Å². The van der Waals surface area contributed by atoms with Gasteiger partial charge in [-0.1, -0.05) is 30.3 Å². The Bertz CT molecular complexity index is 1020. The minimum absolute atomic E-state index is 0.0214. The molecule has 134 valence electrons. The van der Waals surface area contributed by atoms with Gasteiger partial charge < -0.3 is 4.90 Å². The highest BCUT2D eigenvalue weighted by molar-refractivity contribution is 9.10. The van der Waals surface area contributed by atoms with E-state index >= 15 is 0 Å². The predicted octanol–water partition coefficient (Wildman–Crippen LogP) is 2.08. The van der Waals surface area contributed by atoms with Crippen molar-refractivity contribution in [2.45, 2.75) is 32.0 Å². The lowest BCUT2D eigenvalue weighted by Gasteiger charge is -2.23. The highest BCUT2D eigenvalue weighted by atomic mass is 79.9. The summed E-state index contributed by atoms with van der Waals surface area (Å²) in [6.45, 7) is 0.539. The van der Waals surface area contributed by atoms with Crippen molar-refractivity contribution >= 4 is 32.9 Å². The fourth-order valence-electron chi connectivity index (χ4n) is 3.07. The Hall–Kier alpha value is -2.48. The van der Waals surface area contributed by atoms with Crippen LogP contribution in [0.15, 0.2) is 46.1 Å². The first-order chi connectivity index (χ1) is 12.5. The van der Waals surface area contributed by atoms with Gasteiger partial charge in [0.15, 0.2) is 5.65 Å². The number of hydrogen-bond acceptors (Lipinski definition) is 4. The SMILES string of the molecule is Cn1nc(Br)c2c(=O)n(CC(=O)N(Cc3ccccc3)C3CC3)cnc21. The molecule has 1 aliphatic carbocycles. The van der Waals surface area contributed by atoms with Crippen molar-refractivity contribution in [2.75, 3.05) is 0 Å². The molecule has 0 aliphatic heterocycles. The minimum atomic E-state index is -0.265. The quantitative estimate of drug-likeness (QED) is 0.639. The van der Waals surface area contributed by atoms with Crippen molar-refractivity contribution in [1.29, 1.82) is 0 Å². The molecule has 2 heterocycles. The van der Waals surface area contributed by atoms with Crippen molar-refractivity contribution in [3.8, 4) is 0 Å². The standard InChI is InChI=1S/C18H18BrN5O2/c1-22-17-15(16(19)21-22)18(26)23(11-20-17)10-14(25)24(13-7-8-13)9-12-5-3-2-4-6-12/h2-6,11,13H,7-10H2,1H3. The summed E-state index contributed by atoms with van der Waals surface area (Å²) in [7, 11) is 1.73. The van der Waals surface area contributed by atoms with Crippen molar-refractivity contribution in [3.05, 3.63) is 57.2 Å². The molecule has 3 aromatic rings. The summed E-state index contributed by atoms with van der Waals surface area (Å²) >= 11 is 3.29. The van der Waals surface area contributed by atoms with Gasteiger partial charge in [0.1, 0.15) is 22.9 Å². The molecular formula is C18H18BrN5O2. The molecule has 0 spiro atoms. The average molecular weight is 416 g/mol. The second kappa shape index (κ2) is 6.68. The van der Waals surface area contributed by atoms with Gasteiger partial charge in [0.2, 0.25) is 5.91 Å². The van der Waals surface area contributed by atoms with Gasteiger partial charge in [-0.15, -0.1) is 0 Å². The number of halogens is 1. The first-order valence-electron chi connectivity index (χ1n) is 8.45. The molecule has 0 saturated heterocycles. The highest BCUT2D eigenvalue weighted by Crippen LogP contribution is 2.28. The fraction of sp³-hybridized carbons (Fsp3) is 0.333. The van der Waals surface area contributed by atoms with E-state index in [4.69, 9.17) is 0 Å². The second-order valence-electron chi connectivity index (χ2n) is 6.53. The smallest absolute Gasteiger partial charge is 0.266 e. The number of nitrogens with zero attached hydrogens (tertiary/aromatic N) is 5. The Morgan fingerprint density at radius 2 is 2.04 bits per heavy atom. The summed E-state index contributed by atoms with van der Waals surface area (Å²) in [5.74, 6) is -0.0698. The van der Waals surface area contributed by atoms with E-state index < -0.39 is 0 Å². The normalized spacial score (nSPS) is 13.9. The van der Waals surface area contributed by atoms with Crippen LogP contribution in [0.1, 0.15) is 18.4 Å². The summed E-state index contributed by atoms with van der Waals surface area (Å²) in [4.78, 5) is 31.8. The third-order valence-corrected chi connectivity index (χ3v) is 5.13. The van der Waals surface area contributed by atoms with E-state index in [9.17, 15) is 9.59 Å². The molecule has 1 saturated carbocycles. The van der Waals surface area contributed by atoms with E-state index in [1.807, 2.05) is 35.2 Å². The molecule has 7 nitrogen and oxygen atoms in total. The third kappa shape index (κ3) is 3.16. The largest absolute Gasteiger partial charge is 0.334 e. The van der Waals surface area contributed by atoms with Crippen LogP contribution in [0.5, 0.6) is 0 Å². The number of fused-ring (bicyclic) bond motifs is 1. The molecule has 2 aromatic heterocycles. The molecule has 8 heteroatoms. The number of rotatable bonds is 5. The van der Waals surface area contributed by atoms with Crippen LogP contribution in [-0.2, 0) is 24.9 Å². The molecule has 1 fully saturated rings. The molecule has 0 atom stereocenters. The van der Waals surface area contributed by atoms with Crippen LogP contribution in [0.3, 0.4) is 0 Å². The molecular weight excluding hydrogens is 398 g/mol. The Kier molecular flexibility index (Phi) is 4.36. The van der Waals surface area contributed by atoms with Crippen molar-refractivity contribution in [2.24, 2.45) is 7.05 Å². The fourth-order valence-corrected chi connectivity index (χ4v) is 3.66. The van der Waals surface area contributed by atoms with Crippen LogP contribution in [0, 0.1) is 0 Å². The van der Waals surface area contributed by atoms with Gasteiger partial charge in [-0.25, -0.2) is 9.67 Å². The molecule has 0 radical (unpaired) electrons. The summed E-state index contributed by atoms with van der Waals surface area (Å²) in [6, 6.07) is 10.2. The van der Waals surface area contributed by atoms with Gasteiger partial charge in [-0.3, -0.25) is 14.2 Å². The summed E-state index contributed by atoms with van der Waals surface area (Å²) in [5, 5.41) is 4.56. The summed E-state index contributed by atoms with van der Waals surface area (Å²) in [5.41, 5.74) is 1.32. The lowest BCUT2D eigenvalue weighted by Crippen LogP contribution is -2.37. The molecule has 0 N–H and O–H groups in total. The van der Waals surface area contributed by atoms with Crippen LogP contribution in [-0.4, -0.2) is 36.2 Å². The molecule has 0 bridgehead atoms. The van der Waals surface area contributed by atoms with Gasteiger partial charge >= 0.3 is 0 Å². The number of aromatic nitrogens is 4. The summed E-state index contributed by atoms with van der Waals surface area (Å²) < 4.78 is 3.34. The topological polar surface area (TPSA) is 73.0 Å². The van der Waals surface area contributed by atoms with E-state index in [0.717, 1.165) is 18.4 Å². The van der Waals surface area contributed by atoms with E-state index in [1.54, 1.807) is 11.7 Å².